The molecule has 6 heteroatoms. The fourth-order valence-corrected chi connectivity index (χ4v) is 4.77. The first-order valence-electron chi connectivity index (χ1n) is 11.1. The third-order valence-electron chi connectivity index (χ3n) is 5.99. The third-order valence-corrected chi connectivity index (χ3v) is 6.43. The molecule has 0 unspecified atom stereocenters. The van der Waals surface area contributed by atoms with Crippen molar-refractivity contribution in [3.05, 3.63) is 128 Å². The van der Waals surface area contributed by atoms with Crippen molar-refractivity contribution in [1.29, 1.82) is 0 Å². The molecule has 0 fully saturated rings. The van der Waals surface area contributed by atoms with E-state index in [2.05, 4.69) is 0 Å². The molecule has 0 aliphatic carbocycles. The van der Waals surface area contributed by atoms with Crippen LogP contribution >= 0.6 is 23.2 Å². The monoisotopic (exact) mass is 510 g/mol. The van der Waals surface area contributed by atoms with Crippen LogP contribution in [0.25, 0.3) is 55.7 Å². The molecule has 0 bridgehead atoms. The highest BCUT2D eigenvalue weighted by Crippen LogP contribution is 2.39. The van der Waals surface area contributed by atoms with Gasteiger partial charge in [0.1, 0.15) is 22.7 Å². The fourth-order valence-electron chi connectivity index (χ4n) is 4.34. The molecule has 2 aromatic heterocycles. The highest BCUT2D eigenvalue weighted by Gasteiger charge is 2.19. The van der Waals surface area contributed by atoms with E-state index >= 15 is 0 Å². The van der Waals surface area contributed by atoms with Gasteiger partial charge in [-0.15, -0.1) is 0 Å². The summed E-state index contributed by atoms with van der Waals surface area (Å²) >= 11 is 12.9. The van der Waals surface area contributed by atoms with E-state index in [1.54, 1.807) is 24.3 Å². The summed E-state index contributed by atoms with van der Waals surface area (Å²) < 4.78 is 12.6. The van der Waals surface area contributed by atoms with Crippen molar-refractivity contribution in [2.45, 2.75) is 0 Å². The van der Waals surface area contributed by atoms with Crippen molar-refractivity contribution in [3.8, 4) is 33.8 Å². The second-order valence-corrected chi connectivity index (χ2v) is 9.21. The van der Waals surface area contributed by atoms with Gasteiger partial charge in [-0.2, -0.15) is 0 Å². The third kappa shape index (κ3) is 3.91. The number of hydrogen-bond acceptors (Lipinski definition) is 4. The molecule has 0 radical (unpaired) electrons. The van der Waals surface area contributed by atoms with Crippen molar-refractivity contribution < 1.29 is 8.83 Å². The van der Waals surface area contributed by atoms with Crippen molar-refractivity contribution in [2.24, 2.45) is 0 Å². The number of halogens is 2. The van der Waals surface area contributed by atoms with Crippen LogP contribution in [0.4, 0.5) is 0 Å². The number of benzene rings is 4. The van der Waals surface area contributed by atoms with Gasteiger partial charge >= 0.3 is 0 Å². The van der Waals surface area contributed by atoms with E-state index in [1.807, 2.05) is 60.7 Å². The van der Waals surface area contributed by atoms with Gasteiger partial charge in [-0.05, 0) is 24.3 Å². The Hall–Kier alpha value is -4.12. The predicted octanol–water partition coefficient (Wildman–Crippen LogP) is 8.21. The topological polar surface area (TPSA) is 60.4 Å². The van der Waals surface area contributed by atoms with Gasteiger partial charge in [0.25, 0.3) is 0 Å². The van der Waals surface area contributed by atoms with Crippen LogP contribution in [0.2, 0.25) is 10.0 Å². The molecule has 0 N–H and O–H groups in total. The second kappa shape index (κ2) is 8.83. The summed E-state index contributed by atoms with van der Waals surface area (Å²) in [5.41, 5.74) is 2.66. The normalized spacial score (nSPS) is 11.3. The molecular weight excluding hydrogens is 495 g/mol. The average molecular weight is 511 g/mol. The number of rotatable bonds is 3. The maximum atomic E-state index is 13.1. The number of hydrogen-bond donors (Lipinski definition) is 0. The van der Waals surface area contributed by atoms with Gasteiger partial charge in [-0.1, -0.05) is 83.9 Å². The summed E-state index contributed by atoms with van der Waals surface area (Å²) in [5.74, 6) is 0.823. The summed E-state index contributed by atoms with van der Waals surface area (Å²) in [6, 6.07) is 28.1. The van der Waals surface area contributed by atoms with Crippen LogP contribution in [0.1, 0.15) is 0 Å². The summed E-state index contributed by atoms with van der Waals surface area (Å²) in [6.45, 7) is 0. The quantitative estimate of drug-likeness (QED) is 0.240. The standard InChI is InChI=1S/C30H16Cl2O4/c31-19-11-21(29-23(13-19)25(33)15-27(35-29)17-7-3-1-4-8-17)22-12-20(32)14-24-26(34)16-28(36-30(22)24)18-9-5-2-6-10-18/h1-16H. The molecule has 6 aromatic rings. The van der Waals surface area contributed by atoms with E-state index in [9.17, 15) is 9.59 Å². The molecule has 0 atom stereocenters. The smallest absolute Gasteiger partial charge is 0.193 e. The molecule has 6 rings (SSSR count). The summed E-state index contributed by atoms with van der Waals surface area (Å²) in [5, 5.41) is 1.30. The predicted molar refractivity (Wildman–Crippen MR) is 145 cm³/mol. The maximum absolute atomic E-state index is 13.1. The Kier molecular flexibility index (Phi) is 5.48. The van der Waals surface area contributed by atoms with Gasteiger partial charge < -0.3 is 8.83 Å². The minimum Gasteiger partial charge on any atom is -0.455 e. The van der Waals surface area contributed by atoms with E-state index in [1.165, 1.54) is 12.1 Å². The van der Waals surface area contributed by atoms with Crippen LogP contribution in [-0.2, 0) is 0 Å². The minimum atomic E-state index is -0.239. The average Bonchev–Trinajstić information content (AvgIpc) is 2.89. The molecule has 0 aliphatic heterocycles. The van der Waals surface area contributed by atoms with E-state index in [-0.39, 0.29) is 10.9 Å². The van der Waals surface area contributed by atoms with Gasteiger partial charge in [0, 0.05) is 44.4 Å². The maximum Gasteiger partial charge on any atom is 0.193 e. The Bertz CT molecular complexity index is 1750. The highest BCUT2D eigenvalue weighted by molar-refractivity contribution is 6.33. The molecular formula is C30H16Cl2O4. The van der Waals surface area contributed by atoms with Gasteiger partial charge in [-0.3, -0.25) is 9.59 Å². The molecule has 4 aromatic carbocycles. The summed E-state index contributed by atoms with van der Waals surface area (Å²) in [7, 11) is 0. The lowest BCUT2D eigenvalue weighted by molar-refractivity contribution is 0.615. The first-order valence-corrected chi connectivity index (χ1v) is 11.9. The van der Waals surface area contributed by atoms with Gasteiger partial charge in [0.15, 0.2) is 10.9 Å². The Morgan fingerprint density at radius 2 is 0.889 bits per heavy atom. The van der Waals surface area contributed by atoms with Gasteiger partial charge in [0.05, 0.1) is 10.8 Å². The largest absolute Gasteiger partial charge is 0.455 e. The molecule has 2 heterocycles. The van der Waals surface area contributed by atoms with Crippen molar-refractivity contribution in [1.82, 2.24) is 0 Å². The lowest BCUT2D eigenvalue weighted by atomic mass is 9.99. The Labute approximate surface area is 215 Å². The zero-order chi connectivity index (χ0) is 24.8. The van der Waals surface area contributed by atoms with E-state index in [0.29, 0.717) is 54.6 Å². The Morgan fingerprint density at radius 1 is 0.500 bits per heavy atom. The lowest BCUT2D eigenvalue weighted by Crippen LogP contribution is -2.03. The van der Waals surface area contributed by atoms with Crippen LogP contribution < -0.4 is 10.9 Å². The number of fused-ring (bicyclic) bond motifs is 2. The van der Waals surface area contributed by atoms with E-state index in [0.717, 1.165) is 11.1 Å². The molecule has 4 nitrogen and oxygen atoms in total. The zero-order valence-electron chi connectivity index (χ0n) is 18.6. The summed E-state index contributed by atoms with van der Waals surface area (Å²) in [6.07, 6.45) is 0. The first-order chi connectivity index (χ1) is 17.5. The van der Waals surface area contributed by atoms with Gasteiger partial charge in [0.2, 0.25) is 0 Å². The molecule has 174 valence electrons. The van der Waals surface area contributed by atoms with Crippen molar-refractivity contribution >= 4 is 45.1 Å². The van der Waals surface area contributed by atoms with E-state index in [4.69, 9.17) is 32.0 Å². The minimum absolute atomic E-state index is 0.239. The molecule has 0 saturated carbocycles. The lowest BCUT2D eigenvalue weighted by Gasteiger charge is -2.12. The Morgan fingerprint density at radius 3 is 1.28 bits per heavy atom. The van der Waals surface area contributed by atoms with E-state index < -0.39 is 0 Å². The molecule has 0 aliphatic rings. The van der Waals surface area contributed by atoms with Crippen LogP contribution in [-0.4, -0.2) is 0 Å². The van der Waals surface area contributed by atoms with Crippen molar-refractivity contribution in [2.75, 3.05) is 0 Å². The zero-order valence-corrected chi connectivity index (χ0v) is 20.1. The highest BCUT2D eigenvalue weighted by atomic mass is 35.5. The molecule has 36 heavy (non-hydrogen) atoms. The van der Waals surface area contributed by atoms with Crippen LogP contribution in [0, 0.1) is 0 Å². The SMILES string of the molecule is O=c1cc(-c2ccccc2)oc2c(-c3cc(Cl)cc4c(=O)cc(-c5ccccc5)oc34)cc(Cl)cc12. The molecule has 0 amide bonds. The van der Waals surface area contributed by atoms with Crippen LogP contribution in [0.15, 0.2) is 115 Å². The van der Waals surface area contributed by atoms with Gasteiger partial charge in [-0.25, -0.2) is 0 Å². The van der Waals surface area contributed by atoms with Crippen molar-refractivity contribution in [3.63, 3.8) is 0 Å². The Balaban J connectivity index is 1.71. The van der Waals surface area contributed by atoms with Crippen LogP contribution in [0.5, 0.6) is 0 Å². The summed E-state index contributed by atoms with van der Waals surface area (Å²) in [4.78, 5) is 26.2. The fraction of sp³-hybridized carbons (Fsp3) is 0. The van der Waals surface area contributed by atoms with Crippen LogP contribution in [0.3, 0.4) is 0 Å². The molecule has 0 spiro atoms. The first kappa shape index (κ1) is 22.4. The second-order valence-electron chi connectivity index (χ2n) is 8.34. The molecule has 0 saturated heterocycles.